The van der Waals surface area contributed by atoms with Gasteiger partial charge in [-0.3, -0.25) is 4.98 Å². The zero-order chi connectivity index (χ0) is 10.7. The van der Waals surface area contributed by atoms with E-state index in [-0.39, 0.29) is 20.1 Å². The van der Waals surface area contributed by atoms with Crippen molar-refractivity contribution in [2.45, 2.75) is 13.3 Å². The van der Waals surface area contributed by atoms with Crippen molar-refractivity contribution in [1.82, 2.24) is 14.8 Å². The van der Waals surface area contributed by atoms with Gasteiger partial charge in [-0.2, -0.15) is 0 Å². The zero-order valence-electron chi connectivity index (χ0n) is 8.64. The summed E-state index contributed by atoms with van der Waals surface area (Å²) in [6.45, 7) is 8.85. The van der Waals surface area contributed by atoms with Crippen LogP contribution >= 0.6 is 0 Å². The maximum Gasteiger partial charge on any atom is 0.327 e. The molecular weight excluding hydrogens is 380 g/mol. The molecule has 0 aromatic carbocycles. The molecule has 0 spiro atoms. The smallest absolute Gasteiger partial charge is 0.327 e. The maximum absolute atomic E-state index is 6.81. The summed E-state index contributed by atoms with van der Waals surface area (Å²) in [4.78, 5) is 7.59. The Hall–Kier alpha value is -1.50. The molecule has 0 saturated carbocycles. The average molecular weight is 389 g/mol. The Bertz CT molecular complexity index is 513. The molecule has 2 aromatic heterocycles. The van der Waals surface area contributed by atoms with E-state index in [9.17, 15) is 0 Å². The normalized spacial score (nSPS) is 9.25. The van der Waals surface area contributed by atoms with Crippen LogP contribution in [0, 0.1) is 12.8 Å². The minimum Gasteiger partial charge on any atom is -0.330 e. The van der Waals surface area contributed by atoms with Crippen molar-refractivity contribution >= 4 is 5.82 Å². The molecule has 16 heavy (non-hydrogen) atoms. The Morgan fingerprint density at radius 1 is 1.50 bits per heavy atom. The monoisotopic (exact) mass is 390 g/mol. The Balaban J connectivity index is 0.00000128. The Kier molecular flexibility index (Phi) is 4.36. The molecule has 0 aliphatic carbocycles. The first-order valence-corrected chi connectivity index (χ1v) is 4.65. The number of rotatable bonds is 2. The van der Waals surface area contributed by atoms with Crippen molar-refractivity contribution in [3.05, 3.63) is 47.6 Å². The topological polar surface area (TPSA) is 35.1 Å². The van der Waals surface area contributed by atoms with Crippen molar-refractivity contribution in [3.8, 4) is 5.82 Å². The summed E-state index contributed by atoms with van der Waals surface area (Å²) in [5.41, 5.74) is 1.00. The van der Waals surface area contributed by atoms with Crippen LogP contribution < -0.4 is 0 Å². The van der Waals surface area contributed by atoms with Crippen LogP contribution in [0.3, 0.4) is 0 Å². The summed E-state index contributed by atoms with van der Waals surface area (Å²) < 4.78 is 1.49. The van der Waals surface area contributed by atoms with Gasteiger partial charge in [0.15, 0.2) is 0 Å². The first-order chi connectivity index (χ1) is 7.33. The Labute approximate surface area is 107 Å². The summed E-state index contributed by atoms with van der Waals surface area (Å²) in [5.74, 6) is 1.03. The quantitative estimate of drug-likeness (QED) is 0.738. The molecule has 5 heteroatoms. The number of aromatic nitrogens is 3. The predicted octanol–water partition coefficient (Wildman–Crippen LogP) is 2.18. The van der Waals surface area contributed by atoms with Gasteiger partial charge in [0, 0.05) is 25.8 Å². The van der Waals surface area contributed by atoms with Crippen LogP contribution in [0.15, 0.2) is 24.3 Å². The molecule has 0 bridgehead atoms. The van der Waals surface area contributed by atoms with Crippen molar-refractivity contribution in [2.75, 3.05) is 0 Å². The van der Waals surface area contributed by atoms with Crippen LogP contribution in [0.1, 0.15) is 12.6 Å². The van der Waals surface area contributed by atoms with E-state index in [2.05, 4.69) is 21.1 Å². The molecule has 0 amide bonds. The van der Waals surface area contributed by atoms with E-state index >= 15 is 0 Å². The fourth-order valence-corrected chi connectivity index (χ4v) is 1.23. The van der Waals surface area contributed by atoms with Crippen LogP contribution in [-0.4, -0.2) is 14.8 Å². The van der Waals surface area contributed by atoms with Gasteiger partial charge >= 0.3 is 5.82 Å². The molecule has 1 radical (unpaired) electrons. The van der Waals surface area contributed by atoms with Crippen LogP contribution in [0.2, 0.25) is 0 Å². The maximum atomic E-state index is 6.81. The van der Waals surface area contributed by atoms with Crippen LogP contribution in [0.4, 0.5) is 5.82 Å². The molecule has 0 N–H and O–H groups in total. The molecule has 0 saturated heterocycles. The molecule has 0 atom stereocenters. The third-order valence-corrected chi connectivity index (χ3v) is 2.00. The molecule has 0 unspecified atom stereocenters. The van der Waals surface area contributed by atoms with Gasteiger partial charge < -0.3 is 4.85 Å². The summed E-state index contributed by atoms with van der Waals surface area (Å²) >= 11 is 0. The summed E-state index contributed by atoms with van der Waals surface area (Å²) in [6.07, 6.45) is 3.73. The third-order valence-electron chi connectivity index (χ3n) is 2.00. The van der Waals surface area contributed by atoms with E-state index in [0.717, 1.165) is 12.1 Å². The Morgan fingerprint density at radius 2 is 2.31 bits per heavy atom. The predicted molar refractivity (Wildman–Crippen MR) is 55.8 cm³/mol. The molecule has 4 nitrogen and oxygen atoms in total. The minimum atomic E-state index is 0. The van der Waals surface area contributed by atoms with Crippen LogP contribution in [-0.2, 0) is 26.5 Å². The first-order valence-electron chi connectivity index (χ1n) is 4.65. The second-order valence-electron chi connectivity index (χ2n) is 3.00. The number of pyridine rings is 1. The summed E-state index contributed by atoms with van der Waals surface area (Å²) in [6, 6.07) is 7.28. The van der Waals surface area contributed by atoms with Gasteiger partial charge in [0.1, 0.15) is 0 Å². The summed E-state index contributed by atoms with van der Waals surface area (Å²) in [7, 11) is 0. The molecule has 2 aromatic rings. The molecule has 2 heterocycles. The minimum absolute atomic E-state index is 0. The molecule has 2 rings (SSSR count). The van der Waals surface area contributed by atoms with Crippen molar-refractivity contribution in [1.29, 1.82) is 0 Å². The molecule has 0 aliphatic heterocycles. The van der Waals surface area contributed by atoms with Gasteiger partial charge in [0.05, 0.1) is 5.82 Å². The van der Waals surface area contributed by atoms with Gasteiger partial charge in [-0.25, -0.2) is 4.68 Å². The SMILES string of the molecule is [C-]#[N+]c1c[c-]n(-c2cccc(CC)n2)n1.[Ir]. The third kappa shape index (κ3) is 2.54. The Morgan fingerprint density at radius 3 is 2.94 bits per heavy atom. The van der Waals surface area contributed by atoms with Gasteiger partial charge in [-0.05, 0) is 29.8 Å². The van der Waals surface area contributed by atoms with Crippen LogP contribution in [0.5, 0.6) is 0 Å². The first kappa shape index (κ1) is 12.6. The van der Waals surface area contributed by atoms with Gasteiger partial charge in [0.2, 0.25) is 0 Å². The molecular formula is C11H9IrN4-. The number of aryl methyl sites for hydroxylation is 1. The van der Waals surface area contributed by atoms with E-state index in [1.807, 2.05) is 25.1 Å². The van der Waals surface area contributed by atoms with Gasteiger partial charge in [-0.1, -0.05) is 25.6 Å². The molecule has 0 aliphatic rings. The van der Waals surface area contributed by atoms with Gasteiger partial charge in [-0.15, -0.1) is 0 Å². The van der Waals surface area contributed by atoms with E-state index in [4.69, 9.17) is 6.57 Å². The second-order valence-corrected chi connectivity index (χ2v) is 3.00. The van der Waals surface area contributed by atoms with Crippen LogP contribution in [0.25, 0.3) is 10.7 Å². The average Bonchev–Trinajstić information content (AvgIpc) is 2.78. The molecule has 83 valence electrons. The largest absolute Gasteiger partial charge is 0.330 e. The number of nitrogens with zero attached hydrogens (tertiary/aromatic N) is 4. The van der Waals surface area contributed by atoms with E-state index in [0.29, 0.717) is 11.6 Å². The van der Waals surface area contributed by atoms with Gasteiger partial charge in [0.25, 0.3) is 0 Å². The van der Waals surface area contributed by atoms with E-state index < -0.39 is 0 Å². The van der Waals surface area contributed by atoms with Crippen molar-refractivity contribution in [2.24, 2.45) is 0 Å². The van der Waals surface area contributed by atoms with Crippen molar-refractivity contribution in [3.63, 3.8) is 0 Å². The van der Waals surface area contributed by atoms with Crippen molar-refractivity contribution < 1.29 is 20.1 Å². The number of hydrogen-bond donors (Lipinski definition) is 0. The molecule has 0 fully saturated rings. The zero-order valence-corrected chi connectivity index (χ0v) is 11.0. The standard InChI is InChI=1S/C11H9N4.Ir/c1-3-9-5-4-6-11(13-9)15-8-7-10(12-2)14-15;/h4-7H,3H2,1H3;/q-1;. The fraction of sp³-hybridized carbons (Fsp3) is 0.182. The summed E-state index contributed by atoms with van der Waals surface area (Å²) in [5, 5.41) is 4.02. The fourth-order valence-electron chi connectivity index (χ4n) is 1.23. The van der Waals surface area contributed by atoms with E-state index in [1.54, 1.807) is 6.07 Å². The van der Waals surface area contributed by atoms with E-state index in [1.165, 1.54) is 4.68 Å². The number of hydrogen-bond acceptors (Lipinski definition) is 2. The second kappa shape index (κ2) is 5.55.